The highest BCUT2D eigenvalue weighted by atomic mass is 35.5. The summed E-state index contributed by atoms with van der Waals surface area (Å²) in [6.07, 6.45) is 4.66. The molecule has 0 unspecified atom stereocenters. The van der Waals surface area contributed by atoms with E-state index in [1.807, 2.05) is 20.8 Å². The molecule has 2 atom stereocenters. The van der Waals surface area contributed by atoms with E-state index < -0.39 is 27.7 Å². The van der Waals surface area contributed by atoms with Crippen LogP contribution in [0.1, 0.15) is 82.3 Å². The van der Waals surface area contributed by atoms with Crippen molar-refractivity contribution in [1.82, 2.24) is 29.2 Å². The predicted octanol–water partition coefficient (Wildman–Crippen LogP) is 2.00. The SMILES string of the molecule is CCCCN1C(=O)[C@@H]([C@H](O)C(C)C)NC(=O)C12CCN(Cc1c(C)nn(C3CCN(S(C)(=O)=O)CC3)c1C)CC2.Cl. The van der Waals surface area contributed by atoms with Crippen LogP contribution in [0, 0.1) is 19.8 Å². The van der Waals surface area contributed by atoms with E-state index in [1.165, 1.54) is 11.8 Å². The Labute approximate surface area is 251 Å². The average molecular weight is 617 g/mol. The number of likely N-dealkylation sites (tertiary alicyclic amines) is 1. The Bertz CT molecular complexity index is 1190. The summed E-state index contributed by atoms with van der Waals surface area (Å²) in [5.74, 6) is -0.455. The Morgan fingerprint density at radius 1 is 1.10 bits per heavy atom. The van der Waals surface area contributed by atoms with Crippen LogP contribution in [-0.4, -0.2) is 106 Å². The molecule has 1 aromatic rings. The molecule has 3 aliphatic heterocycles. The van der Waals surface area contributed by atoms with Crippen molar-refractivity contribution in [2.45, 2.75) is 103 Å². The molecular weight excluding hydrogens is 568 g/mol. The topological polar surface area (TPSA) is 128 Å². The van der Waals surface area contributed by atoms with Gasteiger partial charge in [-0.15, -0.1) is 12.4 Å². The Morgan fingerprint density at radius 3 is 2.24 bits per heavy atom. The van der Waals surface area contributed by atoms with Crippen molar-refractivity contribution in [2.75, 3.05) is 39.0 Å². The Balaban J connectivity index is 0.00000462. The number of carbonyl (C=O) groups is 2. The molecule has 4 heterocycles. The molecule has 0 radical (unpaired) electrons. The highest BCUT2D eigenvalue weighted by Crippen LogP contribution is 2.35. The minimum atomic E-state index is -3.17. The van der Waals surface area contributed by atoms with Crippen LogP contribution in [-0.2, 0) is 26.2 Å². The monoisotopic (exact) mass is 616 g/mol. The molecule has 1 spiro atoms. The van der Waals surface area contributed by atoms with Gasteiger partial charge in [0.15, 0.2) is 0 Å². The van der Waals surface area contributed by atoms with Crippen molar-refractivity contribution in [1.29, 1.82) is 0 Å². The van der Waals surface area contributed by atoms with E-state index in [1.54, 1.807) is 9.21 Å². The molecule has 3 saturated heterocycles. The maximum absolute atomic E-state index is 13.6. The number of nitrogens with one attached hydrogen (secondary N) is 1. The van der Waals surface area contributed by atoms with Crippen LogP contribution >= 0.6 is 12.4 Å². The number of unbranched alkanes of at least 4 members (excludes halogenated alkanes) is 1. The molecule has 2 N–H and O–H groups in total. The maximum Gasteiger partial charge on any atom is 0.248 e. The third-order valence-corrected chi connectivity index (χ3v) is 10.6. The van der Waals surface area contributed by atoms with Crippen LogP contribution in [0.5, 0.6) is 0 Å². The molecule has 1 aromatic heterocycles. The Kier molecular flexibility index (Phi) is 10.9. The first-order chi connectivity index (χ1) is 18.8. The average Bonchev–Trinajstić information content (AvgIpc) is 3.19. The normalized spacial score (nSPS) is 23.6. The van der Waals surface area contributed by atoms with Gasteiger partial charge in [0.1, 0.15) is 11.6 Å². The van der Waals surface area contributed by atoms with Crippen molar-refractivity contribution in [2.24, 2.45) is 5.92 Å². The molecular formula is C28H49ClN6O5S. The van der Waals surface area contributed by atoms with E-state index in [2.05, 4.69) is 28.7 Å². The van der Waals surface area contributed by atoms with Gasteiger partial charge < -0.3 is 15.3 Å². The second-order valence-electron chi connectivity index (χ2n) is 12.3. The lowest BCUT2D eigenvalue weighted by Gasteiger charge is -2.52. The lowest BCUT2D eigenvalue weighted by molar-refractivity contribution is -0.165. The molecule has 2 amide bonds. The van der Waals surface area contributed by atoms with Crippen molar-refractivity contribution in [3.05, 3.63) is 17.0 Å². The van der Waals surface area contributed by atoms with Crippen molar-refractivity contribution >= 4 is 34.2 Å². The van der Waals surface area contributed by atoms with Crippen LogP contribution in [0.3, 0.4) is 0 Å². The van der Waals surface area contributed by atoms with E-state index >= 15 is 0 Å². The smallest absolute Gasteiger partial charge is 0.248 e. The number of sulfonamides is 1. The lowest BCUT2D eigenvalue weighted by Crippen LogP contribution is -2.74. The highest BCUT2D eigenvalue weighted by molar-refractivity contribution is 7.88. The van der Waals surface area contributed by atoms with Gasteiger partial charge in [-0.05, 0) is 51.9 Å². The van der Waals surface area contributed by atoms with Gasteiger partial charge >= 0.3 is 0 Å². The summed E-state index contributed by atoms with van der Waals surface area (Å²) >= 11 is 0. The zero-order valence-electron chi connectivity index (χ0n) is 25.4. The predicted molar refractivity (Wildman–Crippen MR) is 160 cm³/mol. The molecule has 0 bridgehead atoms. The molecule has 3 aliphatic rings. The van der Waals surface area contributed by atoms with Crippen LogP contribution in [0.4, 0.5) is 0 Å². The number of aliphatic hydroxyl groups is 1. The molecule has 13 heteroatoms. The summed E-state index contributed by atoms with van der Waals surface area (Å²) in [7, 11) is -3.17. The van der Waals surface area contributed by atoms with E-state index in [-0.39, 0.29) is 36.2 Å². The zero-order valence-corrected chi connectivity index (χ0v) is 27.1. The second kappa shape index (κ2) is 13.3. The first kappa shape index (κ1) is 33.8. The van der Waals surface area contributed by atoms with Gasteiger partial charge in [-0.1, -0.05) is 27.2 Å². The molecule has 41 heavy (non-hydrogen) atoms. The van der Waals surface area contributed by atoms with E-state index in [0.29, 0.717) is 45.6 Å². The fraction of sp³-hybridized carbons (Fsp3) is 0.821. The van der Waals surface area contributed by atoms with E-state index in [4.69, 9.17) is 5.10 Å². The van der Waals surface area contributed by atoms with Gasteiger partial charge in [0.2, 0.25) is 21.8 Å². The lowest BCUT2D eigenvalue weighted by atomic mass is 9.80. The minimum absolute atomic E-state index is 0. The summed E-state index contributed by atoms with van der Waals surface area (Å²) in [5.41, 5.74) is 2.38. The summed E-state index contributed by atoms with van der Waals surface area (Å²) in [5, 5.41) is 18.4. The number of aromatic nitrogens is 2. The van der Waals surface area contributed by atoms with Gasteiger partial charge in [0, 0.05) is 50.5 Å². The highest BCUT2D eigenvalue weighted by Gasteiger charge is 2.54. The van der Waals surface area contributed by atoms with Gasteiger partial charge in [-0.25, -0.2) is 12.7 Å². The summed E-state index contributed by atoms with van der Waals surface area (Å²) in [6, 6.07) is -0.721. The number of hydrogen-bond donors (Lipinski definition) is 2. The van der Waals surface area contributed by atoms with E-state index in [0.717, 1.165) is 43.6 Å². The number of rotatable bonds is 9. The summed E-state index contributed by atoms with van der Waals surface area (Å²) in [6.45, 7) is 13.5. The molecule has 0 aliphatic carbocycles. The van der Waals surface area contributed by atoms with Crippen molar-refractivity contribution in [3.8, 4) is 0 Å². The number of aryl methyl sites for hydroxylation is 1. The largest absolute Gasteiger partial charge is 0.390 e. The van der Waals surface area contributed by atoms with Gasteiger partial charge in [-0.3, -0.25) is 19.2 Å². The molecule has 11 nitrogen and oxygen atoms in total. The fourth-order valence-corrected chi connectivity index (χ4v) is 7.47. The maximum atomic E-state index is 13.6. The third kappa shape index (κ3) is 6.76. The van der Waals surface area contributed by atoms with Crippen LogP contribution in [0.15, 0.2) is 0 Å². The number of piperazine rings is 1. The second-order valence-corrected chi connectivity index (χ2v) is 14.3. The van der Waals surface area contributed by atoms with Crippen LogP contribution < -0.4 is 5.32 Å². The summed E-state index contributed by atoms with van der Waals surface area (Å²) in [4.78, 5) is 31.3. The Hall–Kier alpha value is -1.73. The number of nitrogens with zero attached hydrogens (tertiary/aromatic N) is 5. The van der Waals surface area contributed by atoms with Crippen LogP contribution in [0.25, 0.3) is 0 Å². The van der Waals surface area contributed by atoms with Crippen molar-refractivity contribution < 1.29 is 23.1 Å². The van der Waals surface area contributed by atoms with Gasteiger partial charge in [0.25, 0.3) is 0 Å². The zero-order chi connectivity index (χ0) is 29.4. The van der Waals surface area contributed by atoms with Crippen LogP contribution in [0.2, 0.25) is 0 Å². The summed E-state index contributed by atoms with van der Waals surface area (Å²) < 4.78 is 27.4. The molecule has 4 rings (SSSR count). The quantitative estimate of drug-likeness (QED) is 0.434. The van der Waals surface area contributed by atoms with Crippen molar-refractivity contribution in [3.63, 3.8) is 0 Å². The molecule has 0 saturated carbocycles. The third-order valence-electron chi connectivity index (χ3n) is 9.30. The number of carbonyl (C=O) groups excluding carboxylic acids is 2. The number of piperidine rings is 2. The number of amides is 2. The standard InChI is InChI=1S/C28H48N6O5S.ClH/c1-7-8-13-33-26(36)24(25(35)19(2)3)29-27(37)28(33)11-16-31(17-12-28)18-23-20(4)30-34(21(23)5)22-9-14-32(15-10-22)40(6,38)39;/h19,22,24-25,35H,7-18H2,1-6H3,(H,29,37);1H/t24-,25-;/m1./s1. The van der Waals surface area contributed by atoms with Gasteiger partial charge in [0.05, 0.1) is 24.1 Å². The number of hydrogen-bond acceptors (Lipinski definition) is 7. The van der Waals surface area contributed by atoms with E-state index in [9.17, 15) is 23.1 Å². The Morgan fingerprint density at radius 2 is 1.71 bits per heavy atom. The molecule has 0 aromatic carbocycles. The fourth-order valence-electron chi connectivity index (χ4n) is 6.60. The first-order valence-corrected chi connectivity index (χ1v) is 16.7. The molecule has 3 fully saturated rings. The number of halogens is 1. The van der Waals surface area contributed by atoms with Gasteiger partial charge in [-0.2, -0.15) is 5.10 Å². The molecule has 234 valence electrons. The first-order valence-electron chi connectivity index (χ1n) is 14.8. The number of aliphatic hydroxyl groups excluding tert-OH is 1. The minimum Gasteiger partial charge on any atom is -0.390 e.